The summed E-state index contributed by atoms with van der Waals surface area (Å²) in [6, 6.07) is 0. The van der Waals surface area contributed by atoms with E-state index in [1.165, 1.54) is 6.42 Å². The van der Waals surface area contributed by atoms with E-state index in [1.807, 2.05) is 0 Å². The van der Waals surface area contributed by atoms with Crippen LogP contribution in [0.25, 0.3) is 0 Å². The van der Waals surface area contributed by atoms with Gasteiger partial charge < -0.3 is 14.2 Å². The van der Waals surface area contributed by atoms with Gasteiger partial charge in [-0.2, -0.15) is 0 Å². The van der Waals surface area contributed by atoms with Gasteiger partial charge in [0.1, 0.15) is 6.79 Å². The summed E-state index contributed by atoms with van der Waals surface area (Å²) in [4.78, 5) is 0. The van der Waals surface area contributed by atoms with E-state index in [2.05, 4.69) is 6.92 Å². The monoisotopic (exact) mass is 176 g/mol. The second kappa shape index (κ2) is 10.9. The van der Waals surface area contributed by atoms with E-state index < -0.39 is 0 Å². The molecule has 0 aliphatic carbocycles. The molecule has 0 aliphatic rings. The van der Waals surface area contributed by atoms with Crippen LogP contribution >= 0.6 is 0 Å². The fraction of sp³-hybridized carbons (Fsp3) is 1.00. The van der Waals surface area contributed by atoms with Crippen molar-refractivity contribution in [3.8, 4) is 0 Å². The van der Waals surface area contributed by atoms with E-state index in [-0.39, 0.29) is 0 Å². The first-order chi connectivity index (χ1) is 5.91. The number of rotatable bonds is 9. The molecule has 0 rings (SSSR count). The third-order valence-electron chi connectivity index (χ3n) is 1.42. The van der Waals surface area contributed by atoms with Crippen LogP contribution in [0.2, 0.25) is 0 Å². The highest BCUT2D eigenvalue weighted by molar-refractivity contribution is 4.35. The molecule has 0 N–H and O–H groups in total. The molecule has 3 heteroatoms. The topological polar surface area (TPSA) is 27.7 Å². The quantitative estimate of drug-likeness (QED) is 0.396. The van der Waals surface area contributed by atoms with Crippen molar-refractivity contribution in [1.82, 2.24) is 0 Å². The summed E-state index contributed by atoms with van der Waals surface area (Å²) in [5.41, 5.74) is 0. The Morgan fingerprint density at radius 3 is 2.25 bits per heavy atom. The third-order valence-corrected chi connectivity index (χ3v) is 1.42. The van der Waals surface area contributed by atoms with Crippen molar-refractivity contribution in [1.29, 1.82) is 0 Å². The summed E-state index contributed by atoms with van der Waals surface area (Å²) < 4.78 is 15.1. The molecule has 0 amide bonds. The molecule has 0 atom stereocenters. The Morgan fingerprint density at radius 2 is 1.58 bits per heavy atom. The molecule has 0 bridgehead atoms. The molecule has 0 fully saturated rings. The van der Waals surface area contributed by atoms with E-state index in [0.717, 1.165) is 32.7 Å². The van der Waals surface area contributed by atoms with Crippen LogP contribution in [0.5, 0.6) is 0 Å². The first-order valence-corrected chi connectivity index (χ1v) is 4.56. The molecule has 3 nitrogen and oxygen atoms in total. The van der Waals surface area contributed by atoms with Crippen LogP contribution in [0.15, 0.2) is 0 Å². The fourth-order valence-corrected chi connectivity index (χ4v) is 0.754. The van der Waals surface area contributed by atoms with Crippen LogP contribution in [-0.4, -0.2) is 33.7 Å². The van der Waals surface area contributed by atoms with Crippen molar-refractivity contribution in [3.05, 3.63) is 0 Å². The van der Waals surface area contributed by atoms with E-state index in [1.54, 1.807) is 7.11 Å². The van der Waals surface area contributed by atoms with Crippen LogP contribution in [0.3, 0.4) is 0 Å². The predicted molar refractivity (Wildman–Crippen MR) is 48.2 cm³/mol. The fourth-order valence-electron chi connectivity index (χ4n) is 0.754. The van der Waals surface area contributed by atoms with E-state index in [9.17, 15) is 0 Å². The smallest absolute Gasteiger partial charge is 0.146 e. The van der Waals surface area contributed by atoms with Crippen LogP contribution in [0.4, 0.5) is 0 Å². The summed E-state index contributed by atoms with van der Waals surface area (Å²) in [5, 5.41) is 0. The van der Waals surface area contributed by atoms with Gasteiger partial charge in [0.15, 0.2) is 0 Å². The van der Waals surface area contributed by atoms with E-state index in [4.69, 9.17) is 14.2 Å². The van der Waals surface area contributed by atoms with Crippen molar-refractivity contribution in [2.75, 3.05) is 33.7 Å². The van der Waals surface area contributed by atoms with Crippen molar-refractivity contribution in [2.24, 2.45) is 0 Å². The SMILES string of the molecule is CCCCOCCCOCOC. The Hall–Kier alpha value is -0.120. The summed E-state index contributed by atoms with van der Waals surface area (Å²) in [7, 11) is 1.62. The summed E-state index contributed by atoms with van der Waals surface area (Å²) >= 11 is 0. The van der Waals surface area contributed by atoms with E-state index >= 15 is 0 Å². The van der Waals surface area contributed by atoms with Crippen molar-refractivity contribution in [3.63, 3.8) is 0 Å². The Morgan fingerprint density at radius 1 is 0.917 bits per heavy atom. The van der Waals surface area contributed by atoms with Gasteiger partial charge in [-0.25, -0.2) is 0 Å². The largest absolute Gasteiger partial charge is 0.381 e. The zero-order valence-electron chi connectivity index (χ0n) is 8.17. The molecule has 0 aliphatic heterocycles. The minimum atomic E-state index is 0.384. The summed E-state index contributed by atoms with van der Waals surface area (Å²) in [6.45, 7) is 4.93. The number of methoxy groups -OCH3 is 1. The molecule has 0 unspecified atom stereocenters. The van der Waals surface area contributed by atoms with Gasteiger partial charge in [0, 0.05) is 20.3 Å². The molecular weight excluding hydrogens is 156 g/mol. The van der Waals surface area contributed by atoms with Gasteiger partial charge in [-0.3, -0.25) is 0 Å². The molecule has 0 aromatic rings. The standard InChI is InChI=1S/C9H20O3/c1-3-4-6-11-7-5-8-12-9-10-2/h3-9H2,1-2H3. The highest BCUT2D eigenvalue weighted by Crippen LogP contribution is 1.90. The van der Waals surface area contributed by atoms with Crippen molar-refractivity contribution >= 4 is 0 Å². The van der Waals surface area contributed by atoms with Gasteiger partial charge in [-0.15, -0.1) is 0 Å². The Balaban J connectivity index is 2.73. The van der Waals surface area contributed by atoms with Crippen molar-refractivity contribution in [2.45, 2.75) is 26.2 Å². The maximum atomic E-state index is 5.33. The molecular formula is C9H20O3. The molecule has 0 saturated carbocycles. The highest BCUT2D eigenvalue weighted by Gasteiger charge is 1.89. The van der Waals surface area contributed by atoms with Gasteiger partial charge in [0.05, 0.1) is 6.61 Å². The molecule has 74 valence electrons. The first-order valence-electron chi connectivity index (χ1n) is 4.56. The normalized spacial score (nSPS) is 10.5. The molecule has 0 saturated heterocycles. The lowest BCUT2D eigenvalue weighted by Gasteiger charge is -2.03. The average Bonchev–Trinajstić information content (AvgIpc) is 2.10. The average molecular weight is 176 g/mol. The zero-order valence-corrected chi connectivity index (χ0v) is 8.17. The van der Waals surface area contributed by atoms with Gasteiger partial charge in [-0.05, 0) is 12.8 Å². The van der Waals surface area contributed by atoms with Gasteiger partial charge in [-0.1, -0.05) is 13.3 Å². The molecule has 0 radical (unpaired) electrons. The lowest BCUT2D eigenvalue weighted by molar-refractivity contribution is -0.0367. The van der Waals surface area contributed by atoms with Gasteiger partial charge in [0.25, 0.3) is 0 Å². The lowest BCUT2D eigenvalue weighted by Crippen LogP contribution is -2.03. The highest BCUT2D eigenvalue weighted by atomic mass is 16.7. The molecule has 0 aromatic heterocycles. The number of hydrogen-bond donors (Lipinski definition) is 0. The lowest BCUT2D eigenvalue weighted by atomic mass is 10.4. The Bertz CT molecular complexity index is 66.2. The minimum absolute atomic E-state index is 0.384. The predicted octanol–water partition coefficient (Wildman–Crippen LogP) is 1.81. The third kappa shape index (κ3) is 9.88. The number of ether oxygens (including phenoxy) is 3. The van der Waals surface area contributed by atoms with E-state index in [0.29, 0.717) is 6.79 Å². The molecule has 0 heterocycles. The van der Waals surface area contributed by atoms with Crippen LogP contribution in [0.1, 0.15) is 26.2 Å². The number of unbranched alkanes of at least 4 members (excludes halogenated alkanes) is 1. The zero-order chi connectivity index (χ0) is 9.07. The number of hydrogen-bond acceptors (Lipinski definition) is 3. The summed E-state index contributed by atoms with van der Waals surface area (Å²) in [6.07, 6.45) is 3.30. The maximum Gasteiger partial charge on any atom is 0.146 e. The van der Waals surface area contributed by atoms with Gasteiger partial charge in [0.2, 0.25) is 0 Å². The van der Waals surface area contributed by atoms with Crippen LogP contribution in [-0.2, 0) is 14.2 Å². The first kappa shape index (κ1) is 11.9. The molecule has 0 aromatic carbocycles. The molecule has 12 heavy (non-hydrogen) atoms. The second-order valence-corrected chi connectivity index (χ2v) is 2.63. The minimum Gasteiger partial charge on any atom is -0.381 e. The maximum absolute atomic E-state index is 5.33. The summed E-state index contributed by atoms with van der Waals surface area (Å²) in [5.74, 6) is 0. The molecule has 0 spiro atoms. The van der Waals surface area contributed by atoms with Gasteiger partial charge >= 0.3 is 0 Å². The second-order valence-electron chi connectivity index (χ2n) is 2.63. The van der Waals surface area contributed by atoms with Crippen molar-refractivity contribution < 1.29 is 14.2 Å². The van der Waals surface area contributed by atoms with Crippen LogP contribution in [0, 0.1) is 0 Å². The Kier molecular flexibility index (Phi) is 10.8. The van der Waals surface area contributed by atoms with Crippen LogP contribution < -0.4 is 0 Å². The Labute approximate surface area is 75.0 Å².